The summed E-state index contributed by atoms with van der Waals surface area (Å²) in [6.45, 7) is 7.24. The number of hydrogen-bond donors (Lipinski definition) is 7. The number of amides is 4. The molecule has 6 unspecified atom stereocenters. The van der Waals surface area contributed by atoms with E-state index in [0.29, 0.717) is 12.8 Å². The van der Waals surface area contributed by atoms with Crippen molar-refractivity contribution < 1.29 is 29.1 Å². The summed E-state index contributed by atoms with van der Waals surface area (Å²) in [5.41, 5.74) is 11.0. The molecule has 0 bridgehead atoms. The molecule has 0 fully saturated rings. The first-order chi connectivity index (χ1) is 14.9. The summed E-state index contributed by atoms with van der Waals surface area (Å²) >= 11 is 4.11. The third-order valence-electron chi connectivity index (χ3n) is 5.46. The maximum atomic E-state index is 12.8. The van der Waals surface area contributed by atoms with Crippen LogP contribution in [0.5, 0.6) is 0 Å². The molecule has 0 aromatic carbocycles. The second-order valence-electron chi connectivity index (χ2n) is 7.93. The van der Waals surface area contributed by atoms with E-state index in [1.807, 2.05) is 20.8 Å². The van der Waals surface area contributed by atoms with Crippen LogP contribution >= 0.6 is 12.6 Å². The number of thiol groups is 1. The number of hydrogen-bond acceptors (Lipinski definition) is 7. The lowest BCUT2D eigenvalue weighted by Gasteiger charge is -2.28. The molecule has 184 valence electrons. The molecular formula is C20H37N5O6S. The van der Waals surface area contributed by atoms with Gasteiger partial charge in [0.25, 0.3) is 0 Å². The SMILES string of the molecule is CCC(C)C(N)C(=O)NC(CS)C(=O)NC(C(=O)NC(CCC(N)=O)C(=O)O)C(C)CC. The molecule has 0 aromatic heterocycles. The van der Waals surface area contributed by atoms with Gasteiger partial charge in [-0.1, -0.05) is 40.5 Å². The van der Waals surface area contributed by atoms with E-state index in [-0.39, 0.29) is 30.4 Å². The Hall–Kier alpha value is -2.34. The molecule has 12 heteroatoms. The maximum absolute atomic E-state index is 12.8. The monoisotopic (exact) mass is 475 g/mol. The predicted octanol–water partition coefficient (Wildman–Crippen LogP) is -0.860. The topological polar surface area (TPSA) is 194 Å². The molecule has 11 nitrogen and oxygen atoms in total. The molecular weight excluding hydrogens is 438 g/mol. The van der Waals surface area contributed by atoms with Gasteiger partial charge in [-0.3, -0.25) is 19.2 Å². The Kier molecular flexibility index (Phi) is 13.6. The van der Waals surface area contributed by atoms with Gasteiger partial charge in [0.2, 0.25) is 23.6 Å². The Labute approximate surface area is 194 Å². The van der Waals surface area contributed by atoms with E-state index < -0.39 is 53.8 Å². The molecule has 0 spiro atoms. The standard InChI is InChI=1S/C20H37N5O6S/c1-5-10(3)15(22)18(28)24-13(9-32)17(27)25-16(11(4)6-2)19(29)23-12(20(30)31)7-8-14(21)26/h10-13,15-16,32H,5-9,22H2,1-4H3,(H2,21,26)(H,23,29)(H,24,28)(H,25,27)(H,30,31). The second kappa shape index (κ2) is 14.7. The van der Waals surface area contributed by atoms with Gasteiger partial charge in [0.15, 0.2) is 0 Å². The third kappa shape index (κ3) is 9.86. The largest absolute Gasteiger partial charge is 0.480 e. The average molecular weight is 476 g/mol. The number of carbonyl (C=O) groups excluding carboxylic acids is 4. The van der Waals surface area contributed by atoms with Crippen LogP contribution in [-0.2, 0) is 24.0 Å². The fraction of sp³-hybridized carbons (Fsp3) is 0.750. The predicted molar refractivity (Wildman–Crippen MR) is 123 cm³/mol. The zero-order chi connectivity index (χ0) is 25.0. The molecule has 0 aliphatic heterocycles. The second-order valence-corrected chi connectivity index (χ2v) is 8.30. The zero-order valence-electron chi connectivity index (χ0n) is 19.1. The summed E-state index contributed by atoms with van der Waals surface area (Å²) in [7, 11) is 0. The lowest BCUT2D eigenvalue weighted by atomic mass is 9.97. The highest BCUT2D eigenvalue weighted by atomic mass is 32.1. The minimum Gasteiger partial charge on any atom is -0.480 e. The number of nitrogens with two attached hydrogens (primary N) is 2. The number of carboxylic acids is 1. The molecule has 0 aliphatic carbocycles. The minimum atomic E-state index is -1.34. The average Bonchev–Trinajstić information content (AvgIpc) is 2.75. The van der Waals surface area contributed by atoms with E-state index in [9.17, 15) is 29.1 Å². The summed E-state index contributed by atoms with van der Waals surface area (Å²) in [5.74, 6) is -4.35. The van der Waals surface area contributed by atoms with E-state index in [0.717, 1.165) is 0 Å². The molecule has 0 radical (unpaired) electrons. The van der Waals surface area contributed by atoms with Crippen LogP contribution in [0.4, 0.5) is 0 Å². The van der Waals surface area contributed by atoms with Gasteiger partial charge < -0.3 is 32.5 Å². The molecule has 0 aromatic rings. The lowest BCUT2D eigenvalue weighted by molar-refractivity contribution is -0.143. The summed E-state index contributed by atoms with van der Waals surface area (Å²) in [6, 6.07) is -4.24. The van der Waals surface area contributed by atoms with Crippen molar-refractivity contribution in [1.29, 1.82) is 0 Å². The normalized spacial score (nSPS) is 16.6. The summed E-state index contributed by atoms with van der Waals surface area (Å²) < 4.78 is 0. The Morgan fingerprint density at radius 1 is 0.875 bits per heavy atom. The minimum absolute atomic E-state index is 0.0317. The molecule has 8 N–H and O–H groups in total. The molecule has 6 atom stereocenters. The van der Waals surface area contributed by atoms with Crippen LogP contribution < -0.4 is 27.4 Å². The van der Waals surface area contributed by atoms with Crippen LogP contribution in [0.15, 0.2) is 0 Å². The van der Waals surface area contributed by atoms with Crippen LogP contribution in [0.25, 0.3) is 0 Å². The van der Waals surface area contributed by atoms with Gasteiger partial charge in [-0.15, -0.1) is 0 Å². The van der Waals surface area contributed by atoms with Gasteiger partial charge in [0, 0.05) is 12.2 Å². The highest BCUT2D eigenvalue weighted by molar-refractivity contribution is 7.80. The first-order valence-electron chi connectivity index (χ1n) is 10.7. The number of primary amides is 1. The van der Waals surface area contributed by atoms with E-state index in [4.69, 9.17) is 11.5 Å². The van der Waals surface area contributed by atoms with Crippen LogP contribution in [0.3, 0.4) is 0 Å². The smallest absolute Gasteiger partial charge is 0.326 e. The molecule has 4 amide bonds. The maximum Gasteiger partial charge on any atom is 0.326 e. The van der Waals surface area contributed by atoms with Crippen LogP contribution in [0.1, 0.15) is 53.4 Å². The van der Waals surface area contributed by atoms with Gasteiger partial charge in [0.1, 0.15) is 18.1 Å². The van der Waals surface area contributed by atoms with Gasteiger partial charge >= 0.3 is 5.97 Å². The quantitative estimate of drug-likeness (QED) is 0.150. The van der Waals surface area contributed by atoms with Gasteiger partial charge in [0.05, 0.1) is 6.04 Å². The first kappa shape index (κ1) is 29.7. The van der Waals surface area contributed by atoms with Crippen LogP contribution in [0.2, 0.25) is 0 Å². The fourth-order valence-electron chi connectivity index (χ4n) is 2.74. The van der Waals surface area contributed by atoms with Crippen molar-refractivity contribution in [1.82, 2.24) is 16.0 Å². The van der Waals surface area contributed by atoms with Gasteiger partial charge in [-0.25, -0.2) is 4.79 Å². The highest BCUT2D eigenvalue weighted by Crippen LogP contribution is 2.11. The fourth-order valence-corrected chi connectivity index (χ4v) is 2.99. The summed E-state index contributed by atoms with van der Waals surface area (Å²) in [5, 5.41) is 16.8. The van der Waals surface area contributed by atoms with E-state index in [1.54, 1.807) is 6.92 Å². The van der Waals surface area contributed by atoms with E-state index in [2.05, 4.69) is 28.6 Å². The third-order valence-corrected chi connectivity index (χ3v) is 5.83. The Bertz CT molecular complexity index is 677. The Morgan fingerprint density at radius 3 is 1.84 bits per heavy atom. The number of rotatable bonds is 15. The van der Waals surface area contributed by atoms with E-state index in [1.165, 1.54) is 0 Å². The zero-order valence-corrected chi connectivity index (χ0v) is 20.0. The van der Waals surface area contributed by atoms with Crippen molar-refractivity contribution in [2.24, 2.45) is 23.3 Å². The number of nitrogens with one attached hydrogen (secondary N) is 3. The molecule has 0 heterocycles. The Balaban J connectivity index is 5.36. The lowest BCUT2D eigenvalue weighted by Crippen LogP contribution is -2.59. The molecule has 0 saturated carbocycles. The van der Waals surface area contributed by atoms with Crippen molar-refractivity contribution in [3.05, 3.63) is 0 Å². The number of carboxylic acid groups (broad SMARTS) is 1. The van der Waals surface area contributed by atoms with Crippen LogP contribution in [-0.4, -0.2) is 64.6 Å². The molecule has 0 rings (SSSR count). The molecule has 32 heavy (non-hydrogen) atoms. The van der Waals surface area contributed by atoms with Crippen molar-refractivity contribution in [2.75, 3.05) is 5.75 Å². The van der Waals surface area contributed by atoms with Crippen LogP contribution in [0, 0.1) is 11.8 Å². The van der Waals surface area contributed by atoms with Crippen molar-refractivity contribution in [3.8, 4) is 0 Å². The van der Waals surface area contributed by atoms with Crippen molar-refractivity contribution in [3.63, 3.8) is 0 Å². The van der Waals surface area contributed by atoms with E-state index >= 15 is 0 Å². The molecule has 0 saturated heterocycles. The number of aliphatic carboxylic acids is 1. The molecule has 0 aliphatic rings. The number of carbonyl (C=O) groups is 5. The van der Waals surface area contributed by atoms with Gasteiger partial charge in [-0.05, 0) is 18.3 Å². The van der Waals surface area contributed by atoms with Crippen molar-refractivity contribution in [2.45, 2.75) is 77.5 Å². The van der Waals surface area contributed by atoms with Crippen molar-refractivity contribution >= 4 is 42.2 Å². The Morgan fingerprint density at radius 2 is 1.41 bits per heavy atom. The summed E-state index contributed by atoms with van der Waals surface area (Å²) in [6.07, 6.45) is 0.791. The first-order valence-corrected chi connectivity index (χ1v) is 11.3. The highest BCUT2D eigenvalue weighted by Gasteiger charge is 2.32. The van der Waals surface area contributed by atoms with Gasteiger partial charge in [-0.2, -0.15) is 12.6 Å². The summed E-state index contributed by atoms with van der Waals surface area (Å²) in [4.78, 5) is 60.3.